The number of nitrogens with zero attached hydrogens (tertiary/aromatic N) is 2. The number of rotatable bonds is 7. The first-order chi connectivity index (χ1) is 13.8. The van der Waals surface area contributed by atoms with Gasteiger partial charge in [-0.15, -0.1) is 0 Å². The number of hydrogen-bond donors (Lipinski definition) is 2. The second kappa shape index (κ2) is 8.75. The zero-order valence-electron chi connectivity index (χ0n) is 16.3. The molecule has 29 heavy (non-hydrogen) atoms. The monoisotopic (exact) mass is 420 g/mol. The Morgan fingerprint density at radius 2 is 2.10 bits per heavy atom. The average Bonchev–Trinajstić information content (AvgIpc) is 3.05. The van der Waals surface area contributed by atoms with Gasteiger partial charge in [0.25, 0.3) is 0 Å². The number of carbonyl (C=O) groups is 2. The lowest BCUT2D eigenvalue weighted by Crippen LogP contribution is -2.31. The minimum Gasteiger partial charge on any atom is -0.464 e. The van der Waals surface area contributed by atoms with Gasteiger partial charge in [-0.2, -0.15) is 5.10 Å². The van der Waals surface area contributed by atoms with Crippen molar-refractivity contribution in [3.8, 4) is 0 Å². The Hall–Kier alpha value is -2.72. The zero-order chi connectivity index (χ0) is 21.0. The number of anilines is 1. The molecule has 0 spiro atoms. The summed E-state index contributed by atoms with van der Waals surface area (Å²) in [7, 11) is -3.79. The van der Waals surface area contributed by atoms with Crippen LogP contribution in [0.4, 0.5) is 5.69 Å². The Morgan fingerprint density at radius 1 is 1.31 bits per heavy atom. The molecular weight excluding hydrogens is 396 g/mol. The molecule has 2 aromatic rings. The van der Waals surface area contributed by atoms with Crippen molar-refractivity contribution in [1.82, 2.24) is 14.5 Å². The SMILES string of the molecule is CC(=O)Nc1cccc(S(=O)(=O)NC2CCCc3c2cnn3CCOC(C)=O)c1. The second-order valence-electron chi connectivity index (χ2n) is 6.88. The van der Waals surface area contributed by atoms with Crippen LogP contribution in [-0.4, -0.2) is 36.7 Å². The van der Waals surface area contributed by atoms with Gasteiger partial charge >= 0.3 is 5.97 Å². The Bertz CT molecular complexity index is 1020. The van der Waals surface area contributed by atoms with E-state index < -0.39 is 16.1 Å². The van der Waals surface area contributed by atoms with Crippen LogP contribution in [0.3, 0.4) is 0 Å². The molecule has 0 bridgehead atoms. The maximum absolute atomic E-state index is 12.9. The largest absolute Gasteiger partial charge is 0.464 e. The van der Waals surface area contributed by atoms with Gasteiger partial charge in [0.05, 0.1) is 23.7 Å². The van der Waals surface area contributed by atoms with Crippen molar-refractivity contribution in [3.05, 3.63) is 41.7 Å². The fraction of sp³-hybridized carbons (Fsp3) is 0.421. The van der Waals surface area contributed by atoms with Gasteiger partial charge in [-0.25, -0.2) is 13.1 Å². The van der Waals surface area contributed by atoms with Crippen molar-refractivity contribution >= 4 is 27.6 Å². The summed E-state index contributed by atoms with van der Waals surface area (Å²) in [5.74, 6) is -0.622. The minimum atomic E-state index is -3.79. The molecule has 0 saturated heterocycles. The van der Waals surface area contributed by atoms with Crippen molar-refractivity contribution in [1.29, 1.82) is 0 Å². The normalized spacial score (nSPS) is 16.1. The third-order valence-corrected chi connectivity index (χ3v) is 6.10. The highest BCUT2D eigenvalue weighted by atomic mass is 32.2. The molecule has 1 amide bonds. The lowest BCUT2D eigenvalue weighted by molar-refractivity contribution is -0.141. The second-order valence-corrected chi connectivity index (χ2v) is 8.60. The van der Waals surface area contributed by atoms with E-state index in [1.165, 1.54) is 26.0 Å². The Balaban J connectivity index is 1.77. The molecule has 0 aliphatic heterocycles. The summed E-state index contributed by atoms with van der Waals surface area (Å²) in [6.07, 6.45) is 3.92. The number of sulfonamides is 1. The molecule has 156 valence electrons. The van der Waals surface area contributed by atoms with Crippen LogP contribution in [0.15, 0.2) is 35.4 Å². The van der Waals surface area contributed by atoms with Crippen molar-refractivity contribution < 1.29 is 22.7 Å². The fourth-order valence-electron chi connectivity index (χ4n) is 3.41. The van der Waals surface area contributed by atoms with Crippen molar-refractivity contribution in [2.24, 2.45) is 0 Å². The van der Waals surface area contributed by atoms with Crippen molar-refractivity contribution in [2.45, 2.75) is 50.6 Å². The van der Waals surface area contributed by atoms with E-state index in [4.69, 9.17) is 4.74 Å². The van der Waals surface area contributed by atoms with E-state index >= 15 is 0 Å². The molecule has 3 rings (SSSR count). The smallest absolute Gasteiger partial charge is 0.302 e. The fourth-order valence-corrected chi connectivity index (χ4v) is 4.70. The minimum absolute atomic E-state index is 0.0816. The highest BCUT2D eigenvalue weighted by molar-refractivity contribution is 7.89. The van der Waals surface area contributed by atoms with E-state index in [-0.39, 0.29) is 23.4 Å². The summed E-state index contributed by atoms with van der Waals surface area (Å²) in [5.41, 5.74) is 2.20. The van der Waals surface area contributed by atoms with Gasteiger partial charge in [-0.05, 0) is 37.5 Å². The summed E-state index contributed by atoms with van der Waals surface area (Å²) >= 11 is 0. The van der Waals surface area contributed by atoms with Gasteiger partial charge in [-0.3, -0.25) is 14.3 Å². The van der Waals surface area contributed by atoms with Gasteiger partial charge in [0.1, 0.15) is 6.61 Å². The molecule has 1 aromatic carbocycles. The molecule has 0 fully saturated rings. The van der Waals surface area contributed by atoms with Gasteiger partial charge in [-0.1, -0.05) is 6.07 Å². The van der Waals surface area contributed by atoms with E-state index in [9.17, 15) is 18.0 Å². The third kappa shape index (κ3) is 5.21. The van der Waals surface area contributed by atoms with Gasteiger partial charge in [0.2, 0.25) is 15.9 Å². The zero-order valence-corrected chi connectivity index (χ0v) is 17.2. The first-order valence-electron chi connectivity index (χ1n) is 9.34. The number of esters is 1. The number of ether oxygens (including phenoxy) is 1. The summed E-state index contributed by atoms with van der Waals surface area (Å²) in [4.78, 5) is 22.2. The average molecular weight is 420 g/mol. The van der Waals surface area contributed by atoms with Crippen LogP contribution in [0.2, 0.25) is 0 Å². The number of carbonyl (C=O) groups excluding carboxylic acids is 2. The van der Waals surface area contributed by atoms with Crippen LogP contribution in [0, 0.1) is 0 Å². The molecule has 1 unspecified atom stereocenters. The predicted octanol–water partition coefficient (Wildman–Crippen LogP) is 1.76. The molecular formula is C19H24N4O5S. The van der Waals surface area contributed by atoms with Crippen molar-refractivity contribution in [3.63, 3.8) is 0 Å². The lowest BCUT2D eigenvalue weighted by atomic mass is 9.94. The number of hydrogen-bond acceptors (Lipinski definition) is 6. The van der Waals surface area contributed by atoms with Crippen LogP contribution in [0.5, 0.6) is 0 Å². The van der Waals surface area contributed by atoms with Crippen LogP contribution >= 0.6 is 0 Å². The summed E-state index contributed by atoms with van der Waals surface area (Å²) in [6.45, 7) is 3.36. The van der Waals surface area contributed by atoms with Crippen LogP contribution in [-0.2, 0) is 37.3 Å². The van der Waals surface area contributed by atoms with E-state index in [0.29, 0.717) is 18.7 Å². The molecule has 0 saturated carbocycles. The molecule has 10 heteroatoms. The molecule has 1 aromatic heterocycles. The third-order valence-electron chi connectivity index (χ3n) is 4.63. The molecule has 1 atom stereocenters. The quantitative estimate of drug-likeness (QED) is 0.659. The van der Waals surface area contributed by atoms with Crippen LogP contribution in [0.1, 0.15) is 44.0 Å². The lowest BCUT2D eigenvalue weighted by Gasteiger charge is -2.24. The Kier molecular flexibility index (Phi) is 6.33. The molecule has 1 aliphatic carbocycles. The molecule has 2 N–H and O–H groups in total. The van der Waals surface area contributed by atoms with Gasteiger partial charge < -0.3 is 10.1 Å². The molecule has 1 aliphatic rings. The topological polar surface area (TPSA) is 119 Å². The number of nitrogens with one attached hydrogen (secondary N) is 2. The maximum atomic E-state index is 12.9. The highest BCUT2D eigenvalue weighted by Gasteiger charge is 2.28. The maximum Gasteiger partial charge on any atom is 0.302 e. The molecule has 1 heterocycles. The number of benzene rings is 1. The van der Waals surface area contributed by atoms with E-state index in [0.717, 1.165) is 24.1 Å². The summed E-state index contributed by atoms with van der Waals surface area (Å²) in [6, 6.07) is 5.73. The first-order valence-corrected chi connectivity index (χ1v) is 10.8. The molecule has 0 radical (unpaired) electrons. The van der Waals surface area contributed by atoms with E-state index in [1.807, 2.05) is 0 Å². The van der Waals surface area contributed by atoms with Crippen molar-refractivity contribution in [2.75, 3.05) is 11.9 Å². The van der Waals surface area contributed by atoms with Gasteiger partial charge in [0.15, 0.2) is 0 Å². The number of amides is 1. The number of aromatic nitrogens is 2. The summed E-state index contributed by atoms with van der Waals surface area (Å²) in [5, 5.41) is 6.92. The highest BCUT2D eigenvalue weighted by Crippen LogP contribution is 2.31. The number of fused-ring (bicyclic) bond motifs is 1. The van der Waals surface area contributed by atoms with Crippen LogP contribution in [0.25, 0.3) is 0 Å². The van der Waals surface area contributed by atoms with E-state index in [2.05, 4.69) is 15.1 Å². The van der Waals surface area contributed by atoms with Crippen LogP contribution < -0.4 is 10.0 Å². The standard InChI is InChI=1S/C19H24N4O5S/c1-13(24)21-15-5-3-6-16(11-15)29(26,27)22-18-7-4-8-19-17(18)12-20-23(19)9-10-28-14(2)25/h3,5-6,11-12,18,22H,4,7-10H2,1-2H3,(H,21,24). The van der Waals surface area contributed by atoms with E-state index in [1.54, 1.807) is 23.0 Å². The Morgan fingerprint density at radius 3 is 2.83 bits per heavy atom. The predicted molar refractivity (Wildman–Crippen MR) is 106 cm³/mol. The molecule has 9 nitrogen and oxygen atoms in total. The van der Waals surface area contributed by atoms with Gasteiger partial charge in [0, 0.05) is 30.8 Å². The summed E-state index contributed by atoms with van der Waals surface area (Å²) < 4.78 is 35.3. The Labute approximate surface area is 169 Å². The first kappa shape index (κ1) is 21.0.